The second kappa shape index (κ2) is 6.32. The van der Waals surface area contributed by atoms with Gasteiger partial charge in [-0.3, -0.25) is 0 Å². The molecular weight excluding hydrogens is 326 g/mol. The van der Waals surface area contributed by atoms with Crippen LogP contribution < -0.4 is 5.73 Å². The van der Waals surface area contributed by atoms with Gasteiger partial charge >= 0.3 is 0 Å². The summed E-state index contributed by atoms with van der Waals surface area (Å²) < 4.78 is 3.38. The number of nitrogens with zero attached hydrogens (tertiary/aromatic N) is 2. The Morgan fingerprint density at radius 2 is 2.14 bits per heavy atom. The van der Waals surface area contributed by atoms with Crippen LogP contribution in [0.15, 0.2) is 29.0 Å². The smallest absolute Gasteiger partial charge is 0.0997 e. The van der Waals surface area contributed by atoms with Gasteiger partial charge in [0.1, 0.15) is 0 Å². The highest BCUT2D eigenvalue weighted by Gasteiger charge is 2.18. The third-order valence-electron chi connectivity index (χ3n) is 4.34. The number of aromatic nitrogens is 2. The maximum atomic E-state index is 6.17. The summed E-state index contributed by atoms with van der Waals surface area (Å²) in [6, 6.07) is 6.69. The van der Waals surface area contributed by atoms with Crippen molar-refractivity contribution in [3.05, 3.63) is 46.0 Å². The zero-order chi connectivity index (χ0) is 14.8. The Morgan fingerprint density at radius 1 is 1.33 bits per heavy atom. The number of halogens is 1. The number of nitrogens with two attached hydrogens (primary N) is 1. The second-order valence-electron chi connectivity index (χ2n) is 5.86. The maximum Gasteiger partial charge on any atom is 0.0997 e. The van der Waals surface area contributed by atoms with Gasteiger partial charge in [0.05, 0.1) is 17.7 Å². The van der Waals surface area contributed by atoms with Gasteiger partial charge in [-0.2, -0.15) is 0 Å². The molecule has 1 aliphatic rings. The van der Waals surface area contributed by atoms with Gasteiger partial charge in [-0.1, -0.05) is 28.9 Å². The van der Waals surface area contributed by atoms with Crippen molar-refractivity contribution < 1.29 is 0 Å². The molecule has 1 aromatic heterocycles. The summed E-state index contributed by atoms with van der Waals surface area (Å²) in [5.74, 6) is 0. The van der Waals surface area contributed by atoms with Gasteiger partial charge in [0.2, 0.25) is 0 Å². The fraction of sp³-hybridized carbons (Fsp3) is 0.471. The van der Waals surface area contributed by atoms with Gasteiger partial charge in [0, 0.05) is 16.2 Å². The number of fused-ring (bicyclic) bond motifs is 1. The molecule has 2 aromatic rings. The van der Waals surface area contributed by atoms with Crippen LogP contribution in [0.2, 0.25) is 0 Å². The lowest BCUT2D eigenvalue weighted by Gasteiger charge is -2.18. The normalized spacial score (nSPS) is 15.8. The minimum Gasteiger partial charge on any atom is -0.327 e. The fourth-order valence-electron chi connectivity index (χ4n) is 3.04. The highest BCUT2D eigenvalue weighted by atomic mass is 79.9. The zero-order valence-corrected chi connectivity index (χ0v) is 14.1. The van der Waals surface area contributed by atoms with Gasteiger partial charge in [0.25, 0.3) is 0 Å². The van der Waals surface area contributed by atoms with Crippen molar-refractivity contribution in [2.75, 3.05) is 0 Å². The third-order valence-corrected chi connectivity index (χ3v) is 4.84. The molecule has 0 saturated carbocycles. The topological polar surface area (TPSA) is 43.8 Å². The van der Waals surface area contributed by atoms with Crippen LogP contribution in [0.5, 0.6) is 0 Å². The first kappa shape index (κ1) is 14.8. The van der Waals surface area contributed by atoms with Crippen molar-refractivity contribution in [3.63, 3.8) is 0 Å². The van der Waals surface area contributed by atoms with Crippen LogP contribution in [0, 0.1) is 0 Å². The average molecular weight is 348 g/mol. The summed E-state index contributed by atoms with van der Waals surface area (Å²) in [7, 11) is 0. The van der Waals surface area contributed by atoms with E-state index < -0.39 is 0 Å². The lowest BCUT2D eigenvalue weighted by Crippen LogP contribution is -2.22. The number of hydrogen-bond donors (Lipinski definition) is 1. The van der Waals surface area contributed by atoms with Crippen molar-refractivity contribution >= 4 is 15.9 Å². The molecule has 3 rings (SSSR count). The zero-order valence-electron chi connectivity index (χ0n) is 12.5. The van der Waals surface area contributed by atoms with Crippen LogP contribution >= 0.6 is 15.9 Å². The van der Waals surface area contributed by atoms with E-state index in [2.05, 4.69) is 50.6 Å². The van der Waals surface area contributed by atoms with E-state index >= 15 is 0 Å². The van der Waals surface area contributed by atoms with Crippen LogP contribution in [0.3, 0.4) is 0 Å². The minimum atomic E-state index is 0.212. The lowest BCUT2D eigenvalue weighted by molar-refractivity contribution is 0.638. The van der Waals surface area contributed by atoms with Gasteiger partial charge in [-0.25, -0.2) is 4.98 Å². The molecule has 2 N–H and O–H groups in total. The molecule has 1 aromatic carbocycles. The molecule has 112 valence electrons. The van der Waals surface area contributed by atoms with E-state index in [0.717, 1.165) is 30.2 Å². The average Bonchev–Trinajstić information content (AvgIpc) is 2.92. The van der Waals surface area contributed by atoms with Crippen molar-refractivity contribution in [1.82, 2.24) is 9.55 Å². The molecule has 1 atom stereocenters. The Labute approximate surface area is 134 Å². The molecule has 0 saturated heterocycles. The SMILES string of the molecule is CCC(N)Cc1ccc(Br)cc1-n1cnc2c1CCCC2. The van der Waals surface area contributed by atoms with Crippen molar-refractivity contribution in [2.24, 2.45) is 5.73 Å². The van der Waals surface area contributed by atoms with Crippen LogP contribution in [-0.4, -0.2) is 15.6 Å². The predicted octanol–water partition coefficient (Wildman–Crippen LogP) is 3.79. The molecule has 4 heteroatoms. The van der Waals surface area contributed by atoms with Crippen LogP contribution in [0.4, 0.5) is 0 Å². The quantitative estimate of drug-likeness (QED) is 0.914. The molecule has 0 radical (unpaired) electrons. The molecule has 0 amide bonds. The molecule has 0 spiro atoms. The molecular formula is C17H22BrN3. The molecule has 0 aliphatic heterocycles. The number of rotatable bonds is 4. The van der Waals surface area contributed by atoms with E-state index in [9.17, 15) is 0 Å². The summed E-state index contributed by atoms with van der Waals surface area (Å²) in [5, 5.41) is 0. The first-order valence-electron chi connectivity index (χ1n) is 7.78. The first-order chi connectivity index (χ1) is 10.2. The van der Waals surface area contributed by atoms with Crippen LogP contribution in [0.25, 0.3) is 5.69 Å². The van der Waals surface area contributed by atoms with Crippen LogP contribution in [-0.2, 0) is 19.3 Å². The van der Waals surface area contributed by atoms with Crippen molar-refractivity contribution in [2.45, 2.75) is 51.5 Å². The standard InChI is InChI=1S/C17H22BrN3/c1-2-14(19)9-12-7-8-13(18)10-17(12)21-11-20-15-5-3-4-6-16(15)21/h7-8,10-11,14H,2-6,9,19H2,1H3. The Balaban J connectivity index is 2.04. The monoisotopic (exact) mass is 347 g/mol. The number of imidazole rings is 1. The molecule has 0 fully saturated rings. The summed E-state index contributed by atoms with van der Waals surface area (Å²) in [6.45, 7) is 2.14. The summed E-state index contributed by atoms with van der Waals surface area (Å²) in [5.41, 5.74) is 11.3. The van der Waals surface area contributed by atoms with Gasteiger partial charge < -0.3 is 10.3 Å². The van der Waals surface area contributed by atoms with Gasteiger partial charge in [-0.05, 0) is 56.2 Å². The van der Waals surface area contributed by atoms with Crippen LogP contribution in [0.1, 0.15) is 43.1 Å². The highest BCUT2D eigenvalue weighted by molar-refractivity contribution is 9.10. The van der Waals surface area contributed by atoms with E-state index in [1.807, 2.05) is 6.33 Å². The highest BCUT2D eigenvalue weighted by Crippen LogP contribution is 2.27. The lowest BCUT2D eigenvalue weighted by atomic mass is 9.99. The van der Waals surface area contributed by atoms with E-state index in [4.69, 9.17) is 5.73 Å². The van der Waals surface area contributed by atoms with E-state index in [-0.39, 0.29) is 6.04 Å². The first-order valence-corrected chi connectivity index (χ1v) is 8.57. The van der Waals surface area contributed by atoms with E-state index in [1.54, 1.807) is 0 Å². The molecule has 1 unspecified atom stereocenters. The Bertz CT molecular complexity index is 633. The largest absolute Gasteiger partial charge is 0.327 e. The van der Waals surface area contributed by atoms with Gasteiger partial charge in [0.15, 0.2) is 0 Å². The van der Waals surface area contributed by atoms with E-state index in [0.29, 0.717) is 0 Å². The molecule has 1 aliphatic carbocycles. The number of hydrogen-bond acceptors (Lipinski definition) is 2. The predicted molar refractivity (Wildman–Crippen MR) is 89.9 cm³/mol. The molecule has 0 bridgehead atoms. The second-order valence-corrected chi connectivity index (χ2v) is 6.78. The number of benzene rings is 1. The fourth-order valence-corrected chi connectivity index (χ4v) is 3.39. The van der Waals surface area contributed by atoms with Crippen molar-refractivity contribution in [3.8, 4) is 5.69 Å². The Hall–Kier alpha value is -1.13. The van der Waals surface area contributed by atoms with Gasteiger partial charge in [-0.15, -0.1) is 0 Å². The maximum absolute atomic E-state index is 6.17. The number of aryl methyl sites for hydroxylation is 1. The van der Waals surface area contributed by atoms with E-state index in [1.165, 1.54) is 35.5 Å². The molecule has 3 nitrogen and oxygen atoms in total. The summed E-state index contributed by atoms with van der Waals surface area (Å²) in [6.07, 6.45) is 8.65. The summed E-state index contributed by atoms with van der Waals surface area (Å²) >= 11 is 3.60. The Morgan fingerprint density at radius 3 is 2.95 bits per heavy atom. The molecule has 1 heterocycles. The third kappa shape index (κ3) is 3.06. The minimum absolute atomic E-state index is 0.212. The van der Waals surface area contributed by atoms with Crippen molar-refractivity contribution in [1.29, 1.82) is 0 Å². The summed E-state index contributed by atoms with van der Waals surface area (Å²) in [4.78, 5) is 4.62. The molecule has 21 heavy (non-hydrogen) atoms. The Kier molecular flexibility index (Phi) is 4.45.